The maximum atomic E-state index is 12.5. The van der Waals surface area contributed by atoms with Gasteiger partial charge in [-0.1, -0.05) is 24.6 Å². The maximum Gasteiger partial charge on any atom is 0.241 e. The van der Waals surface area contributed by atoms with Crippen molar-refractivity contribution in [3.63, 3.8) is 0 Å². The van der Waals surface area contributed by atoms with Gasteiger partial charge in [0.2, 0.25) is 10.0 Å². The van der Waals surface area contributed by atoms with E-state index in [-0.39, 0.29) is 10.7 Å². The van der Waals surface area contributed by atoms with Gasteiger partial charge in [0.05, 0.1) is 10.4 Å². The lowest BCUT2D eigenvalue weighted by atomic mass is 9.77. The van der Waals surface area contributed by atoms with Crippen molar-refractivity contribution in [2.75, 3.05) is 0 Å². The highest BCUT2D eigenvalue weighted by atomic mass is 32.2. The summed E-state index contributed by atoms with van der Waals surface area (Å²) < 4.78 is 27.8. The fourth-order valence-corrected chi connectivity index (χ4v) is 4.16. The van der Waals surface area contributed by atoms with Crippen LogP contribution in [-0.2, 0) is 10.0 Å². The normalized spacial score (nSPS) is 26.5. The molecule has 0 aliphatic heterocycles. The van der Waals surface area contributed by atoms with Crippen molar-refractivity contribution in [2.45, 2.75) is 50.0 Å². The summed E-state index contributed by atoms with van der Waals surface area (Å²) in [5, 5.41) is 7.83. The quantitative estimate of drug-likeness (QED) is 0.587. The SMILES string of the molecule is Cc1ccc(S(=O)(=O)NC2(C(=N)N)CCC(C)CC2)cc1. The molecule has 1 aromatic carbocycles. The van der Waals surface area contributed by atoms with Crippen LogP contribution in [0, 0.1) is 18.3 Å². The summed E-state index contributed by atoms with van der Waals surface area (Å²) in [6.07, 6.45) is 2.90. The van der Waals surface area contributed by atoms with Gasteiger partial charge in [0.1, 0.15) is 5.84 Å². The van der Waals surface area contributed by atoms with Gasteiger partial charge in [0.25, 0.3) is 0 Å². The average Bonchev–Trinajstić information content (AvgIpc) is 2.41. The van der Waals surface area contributed by atoms with Crippen LogP contribution in [0.3, 0.4) is 0 Å². The first-order valence-corrected chi connectivity index (χ1v) is 8.69. The summed E-state index contributed by atoms with van der Waals surface area (Å²) in [6.45, 7) is 4.04. The number of amidine groups is 1. The van der Waals surface area contributed by atoms with Crippen LogP contribution in [0.4, 0.5) is 0 Å². The minimum absolute atomic E-state index is 0.0925. The summed E-state index contributed by atoms with van der Waals surface area (Å²) in [5.41, 5.74) is 5.78. The van der Waals surface area contributed by atoms with Crippen molar-refractivity contribution in [1.29, 1.82) is 5.41 Å². The molecule has 0 radical (unpaired) electrons. The van der Waals surface area contributed by atoms with E-state index >= 15 is 0 Å². The Morgan fingerprint density at radius 1 is 1.29 bits per heavy atom. The minimum atomic E-state index is -3.67. The molecule has 0 amide bonds. The summed E-state index contributed by atoms with van der Waals surface area (Å²) in [6, 6.07) is 6.68. The number of hydrogen-bond acceptors (Lipinski definition) is 3. The van der Waals surface area contributed by atoms with Gasteiger partial charge in [-0.15, -0.1) is 0 Å². The molecule has 0 unspecified atom stereocenters. The lowest BCUT2D eigenvalue weighted by Gasteiger charge is -2.38. The lowest BCUT2D eigenvalue weighted by Crippen LogP contribution is -2.58. The number of sulfonamides is 1. The lowest BCUT2D eigenvalue weighted by molar-refractivity contribution is 0.285. The number of hydrogen-bond donors (Lipinski definition) is 3. The molecule has 0 atom stereocenters. The van der Waals surface area contributed by atoms with Crippen LogP contribution < -0.4 is 10.5 Å². The van der Waals surface area contributed by atoms with Crippen molar-refractivity contribution in [1.82, 2.24) is 4.72 Å². The third-order valence-electron chi connectivity index (χ3n) is 4.30. The number of nitrogens with two attached hydrogens (primary N) is 1. The molecule has 2 rings (SSSR count). The Hall–Kier alpha value is -1.40. The zero-order valence-corrected chi connectivity index (χ0v) is 13.3. The molecule has 0 aromatic heterocycles. The predicted octanol–water partition coefficient (Wildman–Crippen LogP) is 2.16. The zero-order chi connectivity index (χ0) is 15.7. The second-order valence-electron chi connectivity index (χ2n) is 6.10. The first kappa shape index (κ1) is 16.0. The zero-order valence-electron chi connectivity index (χ0n) is 12.5. The summed E-state index contributed by atoms with van der Waals surface area (Å²) >= 11 is 0. The fourth-order valence-electron chi connectivity index (χ4n) is 2.71. The molecule has 6 heteroatoms. The first-order chi connectivity index (χ1) is 9.75. The van der Waals surface area contributed by atoms with E-state index in [9.17, 15) is 8.42 Å². The van der Waals surface area contributed by atoms with E-state index in [4.69, 9.17) is 11.1 Å². The third-order valence-corrected chi connectivity index (χ3v) is 5.86. The van der Waals surface area contributed by atoms with E-state index in [1.807, 2.05) is 6.92 Å². The van der Waals surface area contributed by atoms with E-state index < -0.39 is 15.6 Å². The molecule has 0 saturated heterocycles. The fraction of sp³-hybridized carbons (Fsp3) is 0.533. The van der Waals surface area contributed by atoms with Gasteiger partial charge >= 0.3 is 0 Å². The van der Waals surface area contributed by atoms with Crippen LogP contribution in [0.5, 0.6) is 0 Å². The molecule has 1 saturated carbocycles. The Kier molecular flexibility index (Phi) is 4.39. The number of rotatable bonds is 4. The first-order valence-electron chi connectivity index (χ1n) is 7.20. The van der Waals surface area contributed by atoms with Gasteiger partial charge < -0.3 is 5.73 Å². The Labute approximate surface area is 126 Å². The monoisotopic (exact) mass is 309 g/mol. The van der Waals surface area contributed by atoms with E-state index in [2.05, 4.69) is 11.6 Å². The maximum absolute atomic E-state index is 12.5. The van der Waals surface area contributed by atoms with Crippen LogP contribution in [0.1, 0.15) is 38.2 Å². The molecule has 1 aromatic rings. The minimum Gasteiger partial charge on any atom is -0.386 e. The standard InChI is InChI=1S/C15H23N3O2S/c1-11-3-5-13(6-4-11)21(19,20)18-15(14(16)17)9-7-12(2)8-10-15/h3-6,12,18H,7-10H2,1-2H3,(H3,16,17). The third kappa shape index (κ3) is 3.44. The van der Waals surface area contributed by atoms with Gasteiger partial charge in [-0.3, -0.25) is 5.41 Å². The van der Waals surface area contributed by atoms with E-state index in [0.717, 1.165) is 18.4 Å². The van der Waals surface area contributed by atoms with Gasteiger partial charge in [-0.25, -0.2) is 8.42 Å². The smallest absolute Gasteiger partial charge is 0.241 e. The van der Waals surface area contributed by atoms with Gasteiger partial charge in [0.15, 0.2) is 0 Å². The Balaban J connectivity index is 2.28. The molecule has 1 aliphatic rings. The molecule has 4 N–H and O–H groups in total. The molecule has 0 bridgehead atoms. The molecule has 5 nitrogen and oxygen atoms in total. The molecular weight excluding hydrogens is 286 g/mol. The number of nitrogens with one attached hydrogen (secondary N) is 2. The van der Waals surface area contributed by atoms with Crippen molar-refractivity contribution in [2.24, 2.45) is 11.7 Å². The molecule has 0 heterocycles. The van der Waals surface area contributed by atoms with Crippen molar-refractivity contribution in [3.8, 4) is 0 Å². The number of aryl methyl sites for hydroxylation is 1. The largest absolute Gasteiger partial charge is 0.386 e. The van der Waals surface area contributed by atoms with Crippen LogP contribution in [0.2, 0.25) is 0 Å². The van der Waals surface area contributed by atoms with Gasteiger partial charge in [0, 0.05) is 0 Å². The molecule has 1 fully saturated rings. The highest BCUT2D eigenvalue weighted by Crippen LogP contribution is 2.33. The summed E-state index contributed by atoms with van der Waals surface area (Å²) in [7, 11) is -3.67. The van der Waals surface area contributed by atoms with Crippen LogP contribution in [-0.4, -0.2) is 19.8 Å². The molecule has 0 spiro atoms. The molecule has 1 aliphatic carbocycles. The number of benzene rings is 1. The highest BCUT2D eigenvalue weighted by Gasteiger charge is 2.40. The Morgan fingerprint density at radius 3 is 2.29 bits per heavy atom. The van der Waals surface area contributed by atoms with E-state index in [1.54, 1.807) is 24.3 Å². The summed E-state index contributed by atoms with van der Waals surface area (Å²) in [4.78, 5) is 0.215. The predicted molar refractivity (Wildman–Crippen MR) is 83.8 cm³/mol. The van der Waals surface area contributed by atoms with Crippen LogP contribution in [0.15, 0.2) is 29.2 Å². The van der Waals surface area contributed by atoms with Gasteiger partial charge in [-0.2, -0.15) is 4.72 Å². The van der Waals surface area contributed by atoms with Crippen molar-refractivity contribution in [3.05, 3.63) is 29.8 Å². The highest BCUT2D eigenvalue weighted by molar-refractivity contribution is 7.89. The second kappa shape index (κ2) is 5.77. The van der Waals surface area contributed by atoms with E-state index in [1.165, 1.54) is 0 Å². The van der Waals surface area contributed by atoms with Crippen LogP contribution in [0.25, 0.3) is 0 Å². The second-order valence-corrected chi connectivity index (χ2v) is 7.78. The van der Waals surface area contributed by atoms with E-state index in [0.29, 0.717) is 18.8 Å². The van der Waals surface area contributed by atoms with Crippen molar-refractivity contribution < 1.29 is 8.42 Å². The Morgan fingerprint density at radius 2 is 1.81 bits per heavy atom. The molecular formula is C15H23N3O2S. The Bertz CT molecular complexity index is 615. The molecule has 21 heavy (non-hydrogen) atoms. The molecule has 116 valence electrons. The average molecular weight is 309 g/mol. The van der Waals surface area contributed by atoms with Crippen LogP contribution >= 0.6 is 0 Å². The van der Waals surface area contributed by atoms with Crippen molar-refractivity contribution >= 4 is 15.9 Å². The van der Waals surface area contributed by atoms with Gasteiger partial charge in [-0.05, 0) is 50.7 Å². The summed E-state index contributed by atoms with van der Waals surface area (Å²) in [5.74, 6) is 0.450. The topological polar surface area (TPSA) is 96.0 Å².